The molecule has 1 aromatic carbocycles. The van der Waals surface area contributed by atoms with Gasteiger partial charge in [0, 0.05) is 50.4 Å². The van der Waals surface area contributed by atoms with E-state index < -0.39 is 6.10 Å². The summed E-state index contributed by atoms with van der Waals surface area (Å²) in [6.07, 6.45) is 1.16. The predicted octanol–water partition coefficient (Wildman–Crippen LogP) is 2.99. The lowest BCUT2D eigenvalue weighted by Crippen LogP contribution is -2.49. The Labute approximate surface area is 185 Å². The highest BCUT2D eigenvalue weighted by atomic mass is 19.1. The molecule has 0 unspecified atom stereocenters. The van der Waals surface area contributed by atoms with Gasteiger partial charge in [-0.3, -0.25) is 4.90 Å². The van der Waals surface area contributed by atoms with Crippen molar-refractivity contribution in [3.05, 3.63) is 52.7 Å². The van der Waals surface area contributed by atoms with Crippen molar-refractivity contribution in [3.8, 4) is 0 Å². The second-order valence-electron chi connectivity index (χ2n) is 8.50. The number of aliphatic hydroxyl groups is 1. The zero-order valence-corrected chi connectivity index (χ0v) is 19.1. The number of hydrogen-bond acceptors (Lipinski definition) is 6. The molecule has 1 aliphatic rings. The van der Waals surface area contributed by atoms with Crippen LogP contribution in [0.5, 0.6) is 0 Å². The number of aliphatic hydroxyl groups excluding tert-OH is 1. The van der Waals surface area contributed by atoms with Gasteiger partial charge >= 0.3 is 0 Å². The van der Waals surface area contributed by atoms with Crippen molar-refractivity contribution in [1.82, 2.24) is 14.9 Å². The number of rotatable bonds is 9. The van der Waals surface area contributed by atoms with Gasteiger partial charge in [0.15, 0.2) is 0 Å². The molecule has 2 aromatic rings. The Morgan fingerprint density at radius 2 is 1.77 bits per heavy atom. The lowest BCUT2D eigenvalue weighted by Gasteiger charge is -2.37. The molecule has 0 amide bonds. The van der Waals surface area contributed by atoms with Crippen LogP contribution in [-0.2, 0) is 17.6 Å². The SMILES string of the molecule is CCc1nc(C)nc(N2CCN(C[C@@H](O)COC(C)C)CC2)c1Cc1ccc(F)cc1. The summed E-state index contributed by atoms with van der Waals surface area (Å²) in [6.45, 7) is 12.4. The third kappa shape index (κ3) is 6.69. The second-order valence-corrected chi connectivity index (χ2v) is 8.50. The van der Waals surface area contributed by atoms with Crippen molar-refractivity contribution in [2.45, 2.75) is 52.7 Å². The third-order valence-electron chi connectivity index (χ3n) is 5.57. The van der Waals surface area contributed by atoms with Crippen molar-refractivity contribution in [3.63, 3.8) is 0 Å². The van der Waals surface area contributed by atoms with Gasteiger partial charge in [-0.05, 0) is 44.9 Å². The quantitative estimate of drug-likeness (QED) is 0.660. The van der Waals surface area contributed by atoms with Gasteiger partial charge in [0.05, 0.1) is 18.8 Å². The Kier molecular flexibility index (Phi) is 8.35. The van der Waals surface area contributed by atoms with E-state index in [4.69, 9.17) is 9.72 Å². The monoisotopic (exact) mass is 430 g/mol. The maximum Gasteiger partial charge on any atom is 0.136 e. The molecule has 0 aliphatic carbocycles. The fourth-order valence-electron chi connectivity index (χ4n) is 3.98. The molecule has 7 heteroatoms. The van der Waals surface area contributed by atoms with Gasteiger partial charge in [0.1, 0.15) is 17.5 Å². The molecule has 0 radical (unpaired) electrons. The molecular formula is C24H35FN4O2. The van der Waals surface area contributed by atoms with E-state index >= 15 is 0 Å². The maximum absolute atomic E-state index is 13.3. The third-order valence-corrected chi connectivity index (χ3v) is 5.57. The first-order chi connectivity index (χ1) is 14.9. The Morgan fingerprint density at radius 1 is 1.10 bits per heavy atom. The molecule has 1 fully saturated rings. The molecule has 0 bridgehead atoms. The molecule has 170 valence electrons. The summed E-state index contributed by atoms with van der Waals surface area (Å²) in [5.74, 6) is 1.53. The summed E-state index contributed by atoms with van der Waals surface area (Å²) in [4.78, 5) is 14.1. The number of anilines is 1. The lowest BCUT2D eigenvalue weighted by molar-refractivity contribution is -0.00901. The van der Waals surface area contributed by atoms with Crippen molar-refractivity contribution >= 4 is 5.82 Å². The predicted molar refractivity (Wildman–Crippen MR) is 121 cm³/mol. The Hall–Kier alpha value is -2.09. The number of ether oxygens (including phenoxy) is 1. The maximum atomic E-state index is 13.3. The summed E-state index contributed by atoms with van der Waals surface area (Å²) in [5.41, 5.74) is 3.23. The topological polar surface area (TPSA) is 61.7 Å². The van der Waals surface area contributed by atoms with Crippen LogP contribution in [0.4, 0.5) is 10.2 Å². The van der Waals surface area contributed by atoms with Crippen LogP contribution >= 0.6 is 0 Å². The summed E-state index contributed by atoms with van der Waals surface area (Å²) in [5, 5.41) is 10.2. The van der Waals surface area contributed by atoms with Crippen LogP contribution in [-0.4, -0.2) is 71.5 Å². The van der Waals surface area contributed by atoms with Crippen LogP contribution in [0.1, 0.15) is 43.4 Å². The number of hydrogen-bond donors (Lipinski definition) is 1. The minimum atomic E-state index is -0.476. The summed E-state index contributed by atoms with van der Waals surface area (Å²) in [6, 6.07) is 6.67. The molecule has 0 spiro atoms. The van der Waals surface area contributed by atoms with Crippen LogP contribution in [0.2, 0.25) is 0 Å². The first kappa shape index (κ1) is 23.6. The van der Waals surface area contributed by atoms with Crippen molar-refractivity contribution in [2.75, 3.05) is 44.2 Å². The smallest absolute Gasteiger partial charge is 0.136 e. The largest absolute Gasteiger partial charge is 0.389 e. The molecule has 0 saturated carbocycles. The highest BCUT2D eigenvalue weighted by Gasteiger charge is 2.24. The van der Waals surface area contributed by atoms with E-state index in [0.29, 0.717) is 19.6 Å². The summed E-state index contributed by atoms with van der Waals surface area (Å²) < 4.78 is 18.9. The van der Waals surface area contributed by atoms with Crippen molar-refractivity contribution < 1.29 is 14.2 Å². The van der Waals surface area contributed by atoms with E-state index in [0.717, 1.165) is 61.1 Å². The van der Waals surface area contributed by atoms with Gasteiger partial charge in [0.2, 0.25) is 0 Å². The number of aryl methyl sites for hydroxylation is 2. The molecule has 31 heavy (non-hydrogen) atoms. The van der Waals surface area contributed by atoms with Gasteiger partial charge in [-0.15, -0.1) is 0 Å². The molecule has 1 aliphatic heterocycles. The molecule has 6 nitrogen and oxygen atoms in total. The first-order valence-electron chi connectivity index (χ1n) is 11.2. The molecule has 2 heterocycles. The average molecular weight is 431 g/mol. The van der Waals surface area contributed by atoms with Gasteiger partial charge < -0.3 is 14.7 Å². The highest BCUT2D eigenvalue weighted by molar-refractivity contribution is 5.52. The number of halogens is 1. The molecular weight excluding hydrogens is 395 g/mol. The normalized spacial score (nSPS) is 16.2. The Balaban J connectivity index is 1.71. The lowest BCUT2D eigenvalue weighted by atomic mass is 10.0. The van der Waals surface area contributed by atoms with Crippen molar-refractivity contribution in [2.24, 2.45) is 0 Å². The number of β-amino-alcohol motifs (C(OH)–C–C–N with tert-alkyl or cyclic N) is 1. The van der Waals surface area contributed by atoms with Gasteiger partial charge in [-0.2, -0.15) is 0 Å². The number of aromatic nitrogens is 2. The van der Waals surface area contributed by atoms with E-state index in [1.54, 1.807) is 0 Å². The molecule has 1 saturated heterocycles. The van der Waals surface area contributed by atoms with E-state index in [1.165, 1.54) is 12.1 Å². The Morgan fingerprint density at radius 3 is 2.39 bits per heavy atom. The molecule has 3 rings (SSSR count). The van der Waals surface area contributed by atoms with Gasteiger partial charge in [-0.1, -0.05) is 19.1 Å². The van der Waals surface area contributed by atoms with Crippen LogP contribution in [0, 0.1) is 12.7 Å². The van der Waals surface area contributed by atoms with E-state index in [1.807, 2.05) is 32.9 Å². The highest BCUT2D eigenvalue weighted by Crippen LogP contribution is 2.26. The van der Waals surface area contributed by atoms with Crippen LogP contribution in [0.3, 0.4) is 0 Å². The standard InChI is InChI=1S/C24H35FN4O2/c1-5-23-22(14-19-6-8-20(25)9-7-19)24(27-18(4)26-23)29-12-10-28(11-13-29)15-21(30)16-31-17(2)3/h6-9,17,21,30H,5,10-16H2,1-4H3/t21-/m1/s1. The van der Waals surface area contributed by atoms with E-state index in [2.05, 4.69) is 21.7 Å². The number of piperazine rings is 1. The fourth-order valence-corrected chi connectivity index (χ4v) is 3.98. The first-order valence-corrected chi connectivity index (χ1v) is 11.2. The van der Waals surface area contributed by atoms with E-state index in [9.17, 15) is 9.50 Å². The number of benzene rings is 1. The van der Waals surface area contributed by atoms with Crippen LogP contribution in [0.25, 0.3) is 0 Å². The van der Waals surface area contributed by atoms with Crippen LogP contribution in [0.15, 0.2) is 24.3 Å². The van der Waals surface area contributed by atoms with Gasteiger partial charge in [0.25, 0.3) is 0 Å². The minimum Gasteiger partial charge on any atom is -0.389 e. The summed E-state index contributed by atoms with van der Waals surface area (Å²) in [7, 11) is 0. The minimum absolute atomic E-state index is 0.125. The fraction of sp³-hybridized carbons (Fsp3) is 0.583. The Bertz CT molecular complexity index is 836. The molecule has 1 aromatic heterocycles. The zero-order valence-electron chi connectivity index (χ0n) is 19.1. The summed E-state index contributed by atoms with van der Waals surface area (Å²) >= 11 is 0. The second kappa shape index (κ2) is 11.0. The zero-order chi connectivity index (χ0) is 22.4. The van der Waals surface area contributed by atoms with E-state index in [-0.39, 0.29) is 11.9 Å². The van der Waals surface area contributed by atoms with Gasteiger partial charge in [-0.25, -0.2) is 14.4 Å². The number of nitrogens with zero attached hydrogens (tertiary/aromatic N) is 4. The molecule has 1 N–H and O–H groups in total. The molecule has 1 atom stereocenters. The van der Waals surface area contributed by atoms with Crippen molar-refractivity contribution in [1.29, 1.82) is 0 Å². The average Bonchev–Trinajstić information content (AvgIpc) is 2.75. The van der Waals surface area contributed by atoms with Crippen LogP contribution < -0.4 is 4.90 Å².